The van der Waals surface area contributed by atoms with Crippen molar-refractivity contribution in [2.75, 3.05) is 19.5 Å². The van der Waals surface area contributed by atoms with E-state index in [-0.39, 0.29) is 5.91 Å². The molecule has 7 heteroatoms. The lowest BCUT2D eigenvalue weighted by Crippen LogP contribution is -2.37. The van der Waals surface area contributed by atoms with Crippen molar-refractivity contribution in [2.45, 2.75) is 6.04 Å². The van der Waals surface area contributed by atoms with Gasteiger partial charge in [0.2, 0.25) is 5.95 Å². The van der Waals surface area contributed by atoms with E-state index in [1.165, 1.54) is 11.7 Å². The molecule has 0 bridgehead atoms. The summed E-state index contributed by atoms with van der Waals surface area (Å²) in [5.41, 5.74) is 2.04. The van der Waals surface area contributed by atoms with Crippen molar-refractivity contribution < 1.29 is 14.3 Å². The van der Waals surface area contributed by atoms with Gasteiger partial charge in [-0.1, -0.05) is 24.3 Å². The Morgan fingerprint density at radius 2 is 1.96 bits per heavy atom. The molecule has 0 saturated carbocycles. The highest BCUT2D eigenvalue weighted by Crippen LogP contribution is 2.41. The minimum Gasteiger partial charge on any atom is -0.493 e. The van der Waals surface area contributed by atoms with Crippen molar-refractivity contribution in [3.8, 4) is 17.6 Å². The van der Waals surface area contributed by atoms with Crippen LogP contribution in [0.3, 0.4) is 0 Å². The number of rotatable bonds is 3. The summed E-state index contributed by atoms with van der Waals surface area (Å²) in [6.45, 7) is 0. The Hall–Kier alpha value is -3.53. The molecule has 130 valence electrons. The number of anilines is 1. The lowest BCUT2D eigenvalue weighted by molar-refractivity contribution is 0.0848. The first-order chi connectivity index (χ1) is 12.7. The van der Waals surface area contributed by atoms with Crippen LogP contribution < -0.4 is 14.8 Å². The van der Waals surface area contributed by atoms with Crippen LogP contribution in [0.5, 0.6) is 11.5 Å². The molecular formula is C19H16N4O3. The van der Waals surface area contributed by atoms with Gasteiger partial charge in [0, 0.05) is 5.56 Å². The fraction of sp³-hybridized carbons (Fsp3) is 0.211. The fourth-order valence-electron chi connectivity index (χ4n) is 3.39. The van der Waals surface area contributed by atoms with E-state index < -0.39 is 12.0 Å². The molecule has 0 fully saturated rings. The molecule has 0 aliphatic carbocycles. The van der Waals surface area contributed by atoms with E-state index in [9.17, 15) is 10.1 Å². The molecule has 0 radical (unpaired) electrons. The molecule has 0 saturated heterocycles. The Balaban J connectivity index is 1.89. The molecule has 0 amide bonds. The van der Waals surface area contributed by atoms with Crippen LogP contribution in [0.1, 0.15) is 16.4 Å². The predicted octanol–water partition coefficient (Wildman–Crippen LogP) is 3.00. The van der Waals surface area contributed by atoms with Crippen molar-refractivity contribution in [3.63, 3.8) is 0 Å². The normalized spacial score (nSPS) is 18.7. The largest absolute Gasteiger partial charge is 0.493 e. The number of nitrogens with one attached hydrogen (secondary N) is 1. The van der Waals surface area contributed by atoms with Crippen LogP contribution in [-0.2, 0) is 0 Å². The minimum atomic E-state index is -0.930. The molecule has 26 heavy (non-hydrogen) atoms. The highest BCUT2D eigenvalue weighted by Gasteiger charge is 2.40. The molecule has 1 aliphatic heterocycles. The minimum absolute atomic E-state index is 0.315. The monoisotopic (exact) mass is 348 g/mol. The molecule has 1 aromatic heterocycles. The smallest absolute Gasteiger partial charge is 0.253 e. The number of aromatic nitrogens is 2. The van der Waals surface area contributed by atoms with Gasteiger partial charge in [-0.3, -0.25) is 4.79 Å². The van der Waals surface area contributed by atoms with Gasteiger partial charge in [0.05, 0.1) is 37.4 Å². The van der Waals surface area contributed by atoms with Crippen LogP contribution in [-0.4, -0.2) is 29.7 Å². The summed E-state index contributed by atoms with van der Waals surface area (Å²) in [6, 6.07) is 14.3. The van der Waals surface area contributed by atoms with Crippen LogP contribution in [0.25, 0.3) is 11.0 Å². The van der Waals surface area contributed by atoms with E-state index in [2.05, 4.69) is 16.4 Å². The molecule has 1 N–H and O–H groups in total. The van der Waals surface area contributed by atoms with Crippen LogP contribution in [0.2, 0.25) is 0 Å². The van der Waals surface area contributed by atoms with Crippen molar-refractivity contribution in [1.82, 2.24) is 9.55 Å². The van der Waals surface area contributed by atoms with E-state index >= 15 is 0 Å². The van der Waals surface area contributed by atoms with E-state index in [4.69, 9.17) is 9.47 Å². The van der Waals surface area contributed by atoms with Gasteiger partial charge in [-0.2, -0.15) is 5.26 Å². The Bertz CT molecular complexity index is 1050. The molecule has 2 atom stereocenters. The number of fused-ring (bicyclic) bond motifs is 3. The summed E-state index contributed by atoms with van der Waals surface area (Å²) >= 11 is 0. The molecule has 1 aliphatic rings. The number of para-hydroxylation sites is 3. The van der Waals surface area contributed by atoms with Gasteiger partial charge >= 0.3 is 0 Å². The second kappa shape index (κ2) is 6.08. The number of methoxy groups -OCH3 is 2. The van der Waals surface area contributed by atoms with Crippen LogP contribution in [0, 0.1) is 17.2 Å². The first kappa shape index (κ1) is 16.0. The average Bonchev–Trinajstić information content (AvgIpc) is 3.05. The van der Waals surface area contributed by atoms with Gasteiger partial charge in [-0.25, -0.2) is 9.55 Å². The van der Waals surface area contributed by atoms with Crippen LogP contribution >= 0.6 is 0 Å². The van der Waals surface area contributed by atoms with E-state index in [1.54, 1.807) is 19.2 Å². The Morgan fingerprint density at radius 1 is 1.15 bits per heavy atom. The molecule has 2 heterocycles. The van der Waals surface area contributed by atoms with Gasteiger partial charge < -0.3 is 14.8 Å². The Labute approximate surface area is 149 Å². The number of nitrogens with zero attached hydrogens (tertiary/aromatic N) is 3. The number of nitriles is 1. The number of ether oxygens (including phenoxy) is 2. The molecule has 3 aromatic rings. The van der Waals surface area contributed by atoms with Crippen molar-refractivity contribution in [2.24, 2.45) is 5.92 Å². The molecule has 0 spiro atoms. The number of benzene rings is 2. The number of hydrogen-bond acceptors (Lipinski definition) is 6. The maximum absolute atomic E-state index is 13.0. The van der Waals surface area contributed by atoms with Gasteiger partial charge in [0.1, 0.15) is 0 Å². The van der Waals surface area contributed by atoms with Gasteiger partial charge in [0.25, 0.3) is 5.91 Å². The first-order valence-electron chi connectivity index (χ1n) is 8.08. The maximum atomic E-state index is 13.0. The van der Waals surface area contributed by atoms with Crippen molar-refractivity contribution in [3.05, 3.63) is 48.0 Å². The summed E-state index contributed by atoms with van der Waals surface area (Å²) in [4.78, 5) is 17.5. The number of hydrogen-bond donors (Lipinski definition) is 1. The maximum Gasteiger partial charge on any atom is 0.253 e. The van der Waals surface area contributed by atoms with E-state index in [0.717, 1.165) is 0 Å². The second-order valence-corrected chi connectivity index (χ2v) is 5.91. The fourth-order valence-corrected chi connectivity index (χ4v) is 3.39. The number of imidazole rings is 1. The van der Waals surface area contributed by atoms with E-state index in [0.29, 0.717) is 34.0 Å². The quantitative estimate of drug-likeness (QED) is 0.783. The number of carbonyl (C=O) groups is 1. The molecule has 2 aromatic carbocycles. The summed E-state index contributed by atoms with van der Waals surface area (Å²) in [6.07, 6.45) is 0. The van der Waals surface area contributed by atoms with Crippen LogP contribution in [0.4, 0.5) is 5.95 Å². The summed E-state index contributed by atoms with van der Waals surface area (Å²) < 4.78 is 12.3. The first-order valence-corrected chi connectivity index (χ1v) is 8.08. The third kappa shape index (κ3) is 2.19. The number of carbonyl (C=O) groups excluding carboxylic acids is 1. The van der Waals surface area contributed by atoms with Crippen molar-refractivity contribution >= 4 is 22.9 Å². The lowest BCUT2D eigenvalue weighted by Gasteiger charge is -2.30. The highest BCUT2D eigenvalue weighted by molar-refractivity contribution is 5.98. The topological polar surface area (TPSA) is 89.2 Å². The van der Waals surface area contributed by atoms with E-state index in [1.807, 2.05) is 30.3 Å². The van der Waals surface area contributed by atoms with Gasteiger partial charge in [0.15, 0.2) is 17.4 Å². The molecule has 2 unspecified atom stereocenters. The third-order valence-electron chi connectivity index (χ3n) is 4.57. The zero-order valence-corrected chi connectivity index (χ0v) is 14.3. The Kier molecular flexibility index (Phi) is 3.73. The highest BCUT2D eigenvalue weighted by atomic mass is 16.5. The molecule has 4 rings (SSSR count). The summed E-state index contributed by atoms with van der Waals surface area (Å²) in [7, 11) is 3.07. The third-order valence-corrected chi connectivity index (χ3v) is 4.57. The van der Waals surface area contributed by atoms with Crippen LogP contribution in [0.15, 0.2) is 42.5 Å². The summed E-state index contributed by atoms with van der Waals surface area (Å²) in [5.74, 6) is 0.198. The zero-order chi connectivity index (χ0) is 18.3. The van der Waals surface area contributed by atoms with Gasteiger partial charge in [-0.15, -0.1) is 0 Å². The standard InChI is InChI=1S/C19H16N4O3/c1-25-15-9-5-6-11(17(15)26-2)16-12(10-20)18(24)23-14-8-4-3-7-13(14)21-19(23)22-16/h3-9,12,16H,1-2H3,(H,21,22). The summed E-state index contributed by atoms with van der Waals surface area (Å²) in [5, 5.41) is 12.9. The van der Waals surface area contributed by atoms with Gasteiger partial charge in [-0.05, 0) is 18.2 Å². The molecule has 7 nitrogen and oxygen atoms in total. The van der Waals surface area contributed by atoms with Crippen molar-refractivity contribution in [1.29, 1.82) is 5.26 Å². The SMILES string of the molecule is COc1cccc(C2Nc3nc4ccccc4n3C(=O)C2C#N)c1OC. The zero-order valence-electron chi connectivity index (χ0n) is 14.3. The second-order valence-electron chi connectivity index (χ2n) is 5.91. The average molecular weight is 348 g/mol. The predicted molar refractivity (Wildman–Crippen MR) is 95.4 cm³/mol. The Morgan fingerprint density at radius 3 is 2.69 bits per heavy atom. The molecular weight excluding hydrogens is 332 g/mol. The lowest BCUT2D eigenvalue weighted by atomic mass is 9.91.